The molecule has 0 fully saturated rings. The molecule has 11 aromatic rings. The van der Waals surface area contributed by atoms with Crippen LogP contribution in [0.5, 0.6) is 0 Å². The topological polar surface area (TPSA) is 51.6 Å². The first kappa shape index (κ1) is 36.9. The average molecular weight is 823 g/mol. The number of aromatic nitrogens is 4. The number of nitrogens with zero attached hydrogens (tertiary/aromatic N) is 4. The molecule has 5 heteroatoms. The van der Waals surface area contributed by atoms with Crippen molar-refractivity contribution in [2.75, 3.05) is 0 Å². The highest BCUT2D eigenvalue weighted by Gasteiger charge is 2.18. The molecule has 0 N–H and O–H groups in total. The molecular formula is C58H38N4S. The third-order valence-electron chi connectivity index (χ3n) is 12.2. The predicted octanol–water partition coefficient (Wildman–Crippen LogP) is 15.7. The molecule has 0 spiro atoms. The predicted molar refractivity (Wildman–Crippen MR) is 264 cm³/mol. The Hall–Kier alpha value is -7.86. The fraction of sp³-hybridized carbons (Fsp3) is 0.0345. The molecule has 0 saturated carbocycles. The number of benzene rings is 8. The van der Waals surface area contributed by atoms with Gasteiger partial charge in [-0.2, -0.15) is 0 Å². The normalized spacial score (nSPS) is 12.7. The van der Waals surface area contributed by atoms with E-state index in [1.165, 1.54) is 58.6 Å². The molecule has 0 bridgehead atoms. The van der Waals surface area contributed by atoms with Crippen LogP contribution in [0.2, 0.25) is 0 Å². The van der Waals surface area contributed by atoms with E-state index < -0.39 is 0 Å². The Kier molecular flexibility index (Phi) is 9.12. The number of hydrogen-bond donors (Lipinski definition) is 0. The van der Waals surface area contributed by atoms with E-state index in [2.05, 4.69) is 146 Å². The van der Waals surface area contributed by atoms with Gasteiger partial charge in [0.15, 0.2) is 17.5 Å². The Morgan fingerprint density at radius 2 is 0.921 bits per heavy atom. The molecule has 0 unspecified atom stereocenters. The van der Waals surface area contributed by atoms with Gasteiger partial charge in [-0.3, -0.25) is 0 Å². The largest absolute Gasteiger partial charge is 0.247 e. The molecule has 0 radical (unpaired) electrons. The summed E-state index contributed by atoms with van der Waals surface area (Å²) >= 11 is 1.89. The quantitative estimate of drug-likeness (QED) is 0.150. The molecule has 63 heavy (non-hydrogen) atoms. The van der Waals surface area contributed by atoms with Crippen LogP contribution in [0.25, 0.3) is 115 Å². The van der Waals surface area contributed by atoms with Gasteiger partial charge in [0, 0.05) is 53.0 Å². The van der Waals surface area contributed by atoms with Crippen LogP contribution in [0.4, 0.5) is 0 Å². The summed E-state index contributed by atoms with van der Waals surface area (Å²) in [5.74, 6) is 1.95. The van der Waals surface area contributed by atoms with Crippen molar-refractivity contribution in [1.82, 2.24) is 19.9 Å². The van der Waals surface area contributed by atoms with Gasteiger partial charge in [-0.25, -0.2) is 19.9 Å². The number of allylic oxidation sites excluding steroid dienone is 4. The molecule has 1 aliphatic carbocycles. The van der Waals surface area contributed by atoms with Crippen LogP contribution < -0.4 is 0 Å². The molecule has 12 rings (SSSR count). The lowest BCUT2D eigenvalue weighted by atomic mass is 9.94. The number of rotatable bonds is 7. The van der Waals surface area contributed by atoms with Crippen LogP contribution in [0, 0.1) is 0 Å². The van der Waals surface area contributed by atoms with Crippen molar-refractivity contribution in [3.05, 3.63) is 212 Å². The van der Waals surface area contributed by atoms with Crippen LogP contribution in [-0.2, 0) is 0 Å². The summed E-state index contributed by atoms with van der Waals surface area (Å²) in [4.78, 5) is 20.1. The standard InChI is InChI=1S/C58H38N4S/c1-4-14-39(15-5-1)54-49-32-31-47-50-36-45(30-33-52(50)63-55(47)53(49)48-24-10-11-25-51(48)59-54)38-28-26-37(27-29-38)42-20-12-21-43(34-42)44-22-13-23-46(35-44)58-61-56(40-16-6-2-7-17-40)60-57(62-58)41-18-8-3-9-19-41/h1-4,6-14,16-36H,5,15H2. The van der Waals surface area contributed by atoms with E-state index in [0.29, 0.717) is 17.5 Å². The molecule has 296 valence electrons. The van der Waals surface area contributed by atoms with E-state index in [1.54, 1.807) is 0 Å². The summed E-state index contributed by atoms with van der Waals surface area (Å²) in [6.45, 7) is 0. The third-order valence-corrected chi connectivity index (χ3v) is 13.4. The lowest BCUT2D eigenvalue weighted by molar-refractivity contribution is 1.05. The van der Waals surface area contributed by atoms with E-state index in [4.69, 9.17) is 19.9 Å². The SMILES string of the molecule is C1=CCCC(c2nc3ccccc3c3c2ccc2c4cc(-c5ccc(-c6cccc(-c7cccc(-c8nc(-c9ccccc9)nc(-c9ccccc9)n8)c7)c6)cc5)ccc4sc23)=C1. The fourth-order valence-electron chi connectivity index (χ4n) is 9.00. The number of thiophene rings is 1. The first-order valence-corrected chi connectivity index (χ1v) is 22.2. The molecule has 1 aliphatic rings. The Labute approximate surface area is 369 Å². The van der Waals surface area contributed by atoms with Crippen LogP contribution in [0.15, 0.2) is 206 Å². The Bertz CT molecular complexity index is 3550. The van der Waals surface area contributed by atoms with Crippen LogP contribution in [0.1, 0.15) is 18.5 Å². The minimum absolute atomic E-state index is 0.642. The summed E-state index contributed by atoms with van der Waals surface area (Å²) in [7, 11) is 0. The van der Waals surface area contributed by atoms with Gasteiger partial charge in [0.2, 0.25) is 0 Å². The number of fused-ring (bicyclic) bond motifs is 7. The van der Waals surface area contributed by atoms with Crippen molar-refractivity contribution >= 4 is 58.8 Å². The van der Waals surface area contributed by atoms with Gasteiger partial charge >= 0.3 is 0 Å². The average Bonchev–Trinajstić information content (AvgIpc) is 3.75. The van der Waals surface area contributed by atoms with Gasteiger partial charge in [0.1, 0.15) is 0 Å². The lowest BCUT2D eigenvalue weighted by Gasteiger charge is -2.14. The highest BCUT2D eigenvalue weighted by Crippen LogP contribution is 2.44. The van der Waals surface area contributed by atoms with E-state index in [9.17, 15) is 0 Å². The van der Waals surface area contributed by atoms with Crippen molar-refractivity contribution in [1.29, 1.82) is 0 Å². The fourth-order valence-corrected chi connectivity index (χ4v) is 10.2. The monoisotopic (exact) mass is 822 g/mol. The third kappa shape index (κ3) is 6.80. The first-order valence-electron chi connectivity index (χ1n) is 21.4. The summed E-state index contributed by atoms with van der Waals surface area (Å²) in [5.41, 5.74) is 13.3. The van der Waals surface area contributed by atoms with Crippen molar-refractivity contribution in [3.8, 4) is 67.5 Å². The number of hydrogen-bond acceptors (Lipinski definition) is 5. The Morgan fingerprint density at radius 3 is 1.59 bits per heavy atom. The van der Waals surface area contributed by atoms with Crippen LogP contribution in [0.3, 0.4) is 0 Å². The van der Waals surface area contributed by atoms with E-state index in [-0.39, 0.29) is 0 Å². The van der Waals surface area contributed by atoms with E-state index in [1.807, 2.05) is 72.0 Å². The lowest BCUT2D eigenvalue weighted by Crippen LogP contribution is -2.00. The zero-order valence-corrected chi connectivity index (χ0v) is 35.1. The van der Waals surface area contributed by atoms with Gasteiger partial charge in [0.25, 0.3) is 0 Å². The van der Waals surface area contributed by atoms with Gasteiger partial charge in [-0.05, 0) is 82.1 Å². The van der Waals surface area contributed by atoms with Crippen molar-refractivity contribution in [2.45, 2.75) is 12.8 Å². The second kappa shape index (κ2) is 15.6. The molecule has 3 aromatic heterocycles. The molecule has 8 aromatic carbocycles. The molecular weight excluding hydrogens is 785 g/mol. The van der Waals surface area contributed by atoms with E-state index >= 15 is 0 Å². The smallest absolute Gasteiger partial charge is 0.164 e. The number of para-hydroxylation sites is 1. The first-order chi connectivity index (χ1) is 31.2. The van der Waals surface area contributed by atoms with Gasteiger partial charge in [-0.1, -0.05) is 176 Å². The molecule has 0 atom stereocenters. The summed E-state index contributed by atoms with van der Waals surface area (Å²) < 4.78 is 2.62. The summed E-state index contributed by atoms with van der Waals surface area (Å²) in [6, 6.07) is 66.6. The zero-order chi connectivity index (χ0) is 41.7. The highest BCUT2D eigenvalue weighted by atomic mass is 32.1. The van der Waals surface area contributed by atoms with Gasteiger partial charge in [-0.15, -0.1) is 11.3 Å². The molecule has 4 nitrogen and oxygen atoms in total. The van der Waals surface area contributed by atoms with Gasteiger partial charge in [0.05, 0.1) is 11.2 Å². The molecule has 0 amide bonds. The molecule has 0 aliphatic heterocycles. The molecule has 0 saturated heterocycles. The summed E-state index contributed by atoms with van der Waals surface area (Å²) in [5, 5.41) is 6.35. The Morgan fingerprint density at radius 1 is 0.381 bits per heavy atom. The second-order valence-electron chi connectivity index (χ2n) is 16.1. The highest BCUT2D eigenvalue weighted by molar-refractivity contribution is 7.26. The Balaban J connectivity index is 0.869. The minimum Gasteiger partial charge on any atom is -0.247 e. The van der Waals surface area contributed by atoms with Crippen LogP contribution >= 0.6 is 11.3 Å². The maximum atomic E-state index is 5.22. The van der Waals surface area contributed by atoms with Crippen molar-refractivity contribution in [3.63, 3.8) is 0 Å². The number of pyridine rings is 1. The zero-order valence-electron chi connectivity index (χ0n) is 34.2. The maximum absolute atomic E-state index is 5.22. The second-order valence-corrected chi connectivity index (χ2v) is 17.1. The van der Waals surface area contributed by atoms with Crippen LogP contribution in [-0.4, -0.2) is 19.9 Å². The minimum atomic E-state index is 0.642. The maximum Gasteiger partial charge on any atom is 0.164 e. The summed E-state index contributed by atoms with van der Waals surface area (Å²) in [6.07, 6.45) is 8.72. The van der Waals surface area contributed by atoms with Gasteiger partial charge < -0.3 is 0 Å². The van der Waals surface area contributed by atoms with Crippen molar-refractivity contribution in [2.24, 2.45) is 0 Å². The van der Waals surface area contributed by atoms with Crippen molar-refractivity contribution < 1.29 is 0 Å². The molecule has 3 heterocycles. The van der Waals surface area contributed by atoms with E-state index in [0.717, 1.165) is 57.4 Å².